The minimum absolute atomic E-state index is 0.0704. The summed E-state index contributed by atoms with van der Waals surface area (Å²) in [7, 11) is 0. The van der Waals surface area contributed by atoms with E-state index < -0.39 is 12.1 Å². The number of nitrogens with zero attached hydrogens (tertiary/aromatic N) is 3. The number of amidine groups is 1. The van der Waals surface area contributed by atoms with Crippen LogP contribution in [-0.2, 0) is 17.6 Å². The van der Waals surface area contributed by atoms with Crippen LogP contribution in [0.4, 0.5) is 0 Å². The second kappa shape index (κ2) is 4.55. The first-order valence-corrected chi connectivity index (χ1v) is 6.91. The summed E-state index contributed by atoms with van der Waals surface area (Å²) in [4.78, 5) is 12.5. The molecule has 0 saturated carbocycles. The maximum Gasteiger partial charge on any atom is 0.282 e. The number of aliphatic imine (C=N–C) groups is 1. The van der Waals surface area contributed by atoms with Crippen LogP contribution in [0.3, 0.4) is 0 Å². The molecule has 0 amide bonds. The topological polar surface area (TPSA) is 73.4 Å². The second-order valence-electron chi connectivity index (χ2n) is 5.43. The second-order valence-corrected chi connectivity index (χ2v) is 5.43. The minimum Gasteiger partial charge on any atom is -0.463 e. The third kappa shape index (κ3) is 2.05. The highest BCUT2D eigenvalue weighted by Gasteiger charge is 2.40. The van der Waals surface area contributed by atoms with Gasteiger partial charge in [-0.05, 0) is 29.5 Å². The van der Waals surface area contributed by atoms with E-state index in [9.17, 15) is 0 Å². The Morgan fingerprint density at radius 3 is 2.90 bits per heavy atom. The molecular formula is C16H16N4O. The molecule has 2 aromatic rings. The van der Waals surface area contributed by atoms with Crippen molar-refractivity contribution in [3.63, 3.8) is 0 Å². The van der Waals surface area contributed by atoms with Crippen molar-refractivity contribution < 1.29 is 7.48 Å². The molecule has 5 nitrogen and oxygen atoms in total. The van der Waals surface area contributed by atoms with E-state index in [0.29, 0.717) is 12.8 Å². The van der Waals surface area contributed by atoms with Crippen LogP contribution < -0.4 is 5.73 Å². The predicted molar refractivity (Wildman–Crippen MR) is 79.8 cm³/mol. The van der Waals surface area contributed by atoms with Crippen molar-refractivity contribution in [3.8, 4) is 11.1 Å². The highest BCUT2D eigenvalue weighted by molar-refractivity contribution is 5.74. The van der Waals surface area contributed by atoms with Crippen LogP contribution in [0, 0.1) is 0 Å². The highest BCUT2D eigenvalue weighted by Crippen LogP contribution is 2.38. The van der Waals surface area contributed by atoms with Crippen LogP contribution in [-0.4, -0.2) is 28.1 Å². The van der Waals surface area contributed by atoms with Crippen LogP contribution >= 0.6 is 0 Å². The fourth-order valence-corrected chi connectivity index (χ4v) is 3.09. The number of ether oxygens (including phenoxy) is 1. The lowest BCUT2D eigenvalue weighted by atomic mass is 9.76. The first-order valence-electron chi connectivity index (χ1n) is 7.91. The van der Waals surface area contributed by atoms with E-state index in [1.165, 1.54) is 11.9 Å². The molecule has 0 saturated heterocycles. The Morgan fingerprint density at radius 2 is 2.14 bits per heavy atom. The molecule has 21 heavy (non-hydrogen) atoms. The van der Waals surface area contributed by atoms with E-state index in [2.05, 4.69) is 21.0 Å². The zero-order valence-corrected chi connectivity index (χ0v) is 11.4. The maximum absolute atomic E-state index is 8.20. The van der Waals surface area contributed by atoms with E-state index >= 15 is 0 Å². The summed E-state index contributed by atoms with van der Waals surface area (Å²) in [6, 6.07) is 6.03. The lowest BCUT2D eigenvalue weighted by Crippen LogP contribution is -2.35. The smallest absolute Gasteiger partial charge is 0.282 e. The summed E-state index contributed by atoms with van der Waals surface area (Å²) in [6.07, 6.45) is 6.78. The SMILES string of the molecule is [2H]C1([2H])OC(N)=N[C@@]12CCc1cccc(-c3cncnc3)c1C2. The van der Waals surface area contributed by atoms with Crippen molar-refractivity contribution >= 4 is 6.02 Å². The molecule has 0 unspecified atom stereocenters. The van der Waals surface area contributed by atoms with Gasteiger partial charge in [0, 0.05) is 24.4 Å². The van der Waals surface area contributed by atoms with E-state index in [1.807, 2.05) is 12.1 Å². The number of benzene rings is 1. The third-order valence-electron chi connectivity index (χ3n) is 4.09. The number of nitrogens with two attached hydrogens (primary N) is 1. The van der Waals surface area contributed by atoms with Crippen molar-refractivity contribution in [2.75, 3.05) is 6.56 Å². The third-order valence-corrected chi connectivity index (χ3v) is 4.09. The van der Waals surface area contributed by atoms with Gasteiger partial charge in [-0.25, -0.2) is 15.0 Å². The van der Waals surface area contributed by atoms with Crippen LogP contribution in [0.2, 0.25) is 0 Å². The van der Waals surface area contributed by atoms with E-state index in [1.54, 1.807) is 12.4 Å². The Bertz CT molecular complexity index is 794. The molecule has 0 bridgehead atoms. The van der Waals surface area contributed by atoms with Crippen LogP contribution in [0.15, 0.2) is 41.9 Å². The van der Waals surface area contributed by atoms with Gasteiger partial charge < -0.3 is 10.5 Å². The Morgan fingerprint density at radius 1 is 1.29 bits per heavy atom. The fraction of sp³-hybridized carbons (Fsp3) is 0.312. The van der Waals surface area contributed by atoms with Crippen LogP contribution in [0.1, 0.15) is 20.3 Å². The van der Waals surface area contributed by atoms with E-state index in [-0.39, 0.29) is 6.02 Å². The van der Waals surface area contributed by atoms with Crippen LogP contribution in [0.25, 0.3) is 11.1 Å². The largest absolute Gasteiger partial charge is 0.463 e. The molecule has 0 radical (unpaired) electrons. The van der Waals surface area contributed by atoms with Crippen LogP contribution in [0.5, 0.6) is 0 Å². The van der Waals surface area contributed by atoms with E-state index in [0.717, 1.165) is 23.1 Å². The number of aryl methyl sites for hydroxylation is 1. The van der Waals surface area contributed by atoms with Crippen molar-refractivity contribution in [1.82, 2.24) is 9.97 Å². The summed E-state index contributed by atoms with van der Waals surface area (Å²) in [5.41, 5.74) is 8.89. The average molecular weight is 282 g/mol. The number of hydrogen-bond donors (Lipinski definition) is 1. The molecule has 2 heterocycles. The Kier molecular flexibility index (Phi) is 2.23. The van der Waals surface area contributed by atoms with Crippen molar-refractivity contribution in [2.24, 2.45) is 10.7 Å². The molecule has 1 spiro atoms. The first-order chi connectivity index (χ1) is 11.0. The fourth-order valence-electron chi connectivity index (χ4n) is 3.09. The molecule has 5 heteroatoms. The molecule has 0 fully saturated rings. The molecule has 2 aliphatic rings. The normalized spacial score (nSPS) is 27.3. The Hall–Kier alpha value is -2.43. The van der Waals surface area contributed by atoms with Gasteiger partial charge in [0.2, 0.25) is 0 Å². The summed E-state index contributed by atoms with van der Waals surface area (Å²) in [5.74, 6) is 0. The van der Waals surface area contributed by atoms with Gasteiger partial charge in [-0.2, -0.15) is 0 Å². The van der Waals surface area contributed by atoms with Gasteiger partial charge >= 0.3 is 0 Å². The van der Waals surface area contributed by atoms with Crippen molar-refractivity contribution in [1.29, 1.82) is 0 Å². The Balaban J connectivity index is 1.84. The molecule has 4 rings (SSSR count). The first kappa shape index (κ1) is 10.3. The molecule has 1 aliphatic heterocycles. The van der Waals surface area contributed by atoms with Crippen molar-refractivity contribution in [3.05, 3.63) is 48.0 Å². The summed E-state index contributed by atoms with van der Waals surface area (Å²) in [5, 5.41) is 0. The molecule has 1 atom stereocenters. The van der Waals surface area contributed by atoms with E-state index in [4.69, 9.17) is 13.2 Å². The standard InChI is InChI=1S/C16H16N4O/c17-15-20-16(9-21-15)5-4-11-2-1-3-13(14(11)6-16)12-7-18-10-19-8-12/h1-3,7-8,10H,4-6,9H2,(H2,17,20)/t16-/m1/s1/i9D2. The monoisotopic (exact) mass is 282 g/mol. The predicted octanol–water partition coefficient (Wildman–Crippen LogP) is 1.72. The van der Waals surface area contributed by atoms with Gasteiger partial charge in [-0.1, -0.05) is 18.2 Å². The molecule has 106 valence electrons. The number of aromatic nitrogens is 2. The highest BCUT2D eigenvalue weighted by atomic mass is 16.5. The molecule has 1 aromatic heterocycles. The van der Waals surface area contributed by atoms with Gasteiger partial charge in [0.1, 0.15) is 18.4 Å². The summed E-state index contributed by atoms with van der Waals surface area (Å²) >= 11 is 0. The lowest BCUT2D eigenvalue weighted by molar-refractivity contribution is 0.235. The zero-order valence-electron chi connectivity index (χ0n) is 13.4. The van der Waals surface area contributed by atoms with Crippen molar-refractivity contribution in [2.45, 2.75) is 24.8 Å². The van der Waals surface area contributed by atoms with Gasteiger partial charge in [-0.3, -0.25) is 0 Å². The molecule has 2 N–H and O–H groups in total. The molecular weight excluding hydrogens is 264 g/mol. The number of rotatable bonds is 1. The number of hydrogen-bond acceptors (Lipinski definition) is 5. The Labute approximate surface area is 125 Å². The molecule has 1 aliphatic carbocycles. The van der Waals surface area contributed by atoms with Gasteiger partial charge in [0.05, 0.1) is 2.74 Å². The number of fused-ring (bicyclic) bond motifs is 1. The average Bonchev–Trinajstić information content (AvgIpc) is 2.75. The quantitative estimate of drug-likeness (QED) is 0.864. The minimum atomic E-state index is -1.89. The van der Waals surface area contributed by atoms with Gasteiger partial charge in [-0.15, -0.1) is 0 Å². The van der Waals surface area contributed by atoms with Gasteiger partial charge in [0.15, 0.2) is 0 Å². The zero-order chi connectivity index (χ0) is 16.1. The summed E-state index contributed by atoms with van der Waals surface area (Å²) in [6.45, 7) is -1.89. The molecule has 1 aromatic carbocycles. The lowest BCUT2D eigenvalue weighted by Gasteiger charge is -2.31. The van der Waals surface area contributed by atoms with Gasteiger partial charge in [0.25, 0.3) is 6.02 Å². The maximum atomic E-state index is 8.20. The summed E-state index contributed by atoms with van der Waals surface area (Å²) < 4.78 is 21.5.